The maximum Gasteiger partial charge on any atom is 0.414 e. The highest BCUT2D eigenvalue weighted by atomic mass is 16.6. The number of nitrogens with zero attached hydrogens (tertiary/aromatic N) is 4. The van der Waals surface area contributed by atoms with Crippen LogP contribution in [0.1, 0.15) is 12.5 Å². The number of hydrogen-bond donors (Lipinski definition) is 0. The first-order valence-electron chi connectivity index (χ1n) is 9.17. The number of anilines is 1. The van der Waals surface area contributed by atoms with Crippen molar-refractivity contribution < 1.29 is 19.1 Å². The van der Waals surface area contributed by atoms with Crippen molar-refractivity contribution in [2.45, 2.75) is 13.0 Å². The van der Waals surface area contributed by atoms with Gasteiger partial charge in [-0.15, -0.1) is 0 Å². The third kappa shape index (κ3) is 4.96. The summed E-state index contributed by atoms with van der Waals surface area (Å²) in [4.78, 5) is 29.7. The normalized spacial score (nSPS) is 21.0. The van der Waals surface area contributed by atoms with Crippen molar-refractivity contribution in [2.75, 3.05) is 57.3 Å². The summed E-state index contributed by atoms with van der Waals surface area (Å²) in [5.41, 5.74) is 1.30. The number of carbonyl (C=O) groups is 2. The van der Waals surface area contributed by atoms with Crippen molar-refractivity contribution in [1.82, 2.24) is 9.80 Å². The first kappa shape index (κ1) is 19.1. The maximum absolute atomic E-state index is 12.2. The Morgan fingerprint density at radius 3 is 2.52 bits per heavy atom. The standard InChI is InChI=1S/C19H24N4O4/c1-2-26-18(24)14-22-9-7-21(8-10-22)12-17-13-23(19(25)27-17)16-5-3-15(11-20)4-6-16/h3-6,17H,2,7-10,12-14H2,1H3/t17-/m0/s1. The van der Waals surface area contributed by atoms with E-state index >= 15 is 0 Å². The van der Waals surface area contributed by atoms with Crippen LogP contribution in [0.25, 0.3) is 0 Å². The van der Waals surface area contributed by atoms with Crippen LogP contribution in [-0.2, 0) is 14.3 Å². The summed E-state index contributed by atoms with van der Waals surface area (Å²) < 4.78 is 10.5. The van der Waals surface area contributed by atoms with Crippen LogP contribution >= 0.6 is 0 Å². The molecule has 0 saturated carbocycles. The molecule has 8 nitrogen and oxygen atoms in total. The average Bonchev–Trinajstić information content (AvgIpc) is 3.04. The molecule has 3 rings (SSSR count). The number of cyclic esters (lactones) is 1. The topological polar surface area (TPSA) is 86.1 Å². The molecule has 0 radical (unpaired) electrons. The molecule has 2 fully saturated rings. The summed E-state index contributed by atoms with van der Waals surface area (Å²) in [5.74, 6) is -0.186. The van der Waals surface area contributed by atoms with E-state index in [0.29, 0.717) is 31.8 Å². The van der Waals surface area contributed by atoms with E-state index in [1.165, 1.54) is 0 Å². The van der Waals surface area contributed by atoms with Gasteiger partial charge in [-0.05, 0) is 31.2 Å². The van der Waals surface area contributed by atoms with Crippen molar-refractivity contribution in [3.05, 3.63) is 29.8 Å². The van der Waals surface area contributed by atoms with Gasteiger partial charge in [0.2, 0.25) is 0 Å². The van der Waals surface area contributed by atoms with Crippen LogP contribution in [-0.4, -0.2) is 80.4 Å². The van der Waals surface area contributed by atoms with E-state index in [2.05, 4.69) is 15.9 Å². The second-order valence-corrected chi connectivity index (χ2v) is 6.66. The third-order valence-corrected chi connectivity index (χ3v) is 4.77. The lowest BCUT2D eigenvalue weighted by Crippen LogP contribution is -2.50. The molecule has 2 saturated heterocycles. The van der Waals surface area contributed by atoms with Gasteiger partial charge in [0.15, 0.2) is 0 Å². The lowest BCUT2D eigenvalue weighted by molar-refractivity contribution is -0.144. The lowest BCUT2D eigenvalue weighted by atomic mass is 10.2. The minimum atomic E-state index is -0.356. The Balaban J connectivity index is 1.46. The minimum Gasteiger partial charge on any atom is -0.465 e. The van der Waals surface area contributed by atoms with E-state index < -0.39 is 0 Å². The van der Waals surface area contributed by atoms with Gasteiger partial charge in [0, 0.05) is 38.4 Å². The van der Waals surface area contributed by atoms with E-state index in [0.717, 1.165) is 31.9 Å². The molecular formula is C19H24N4O4. The van der Waals surface area contributed by atoms with Gasteiger partial charge in [-0.3, -0.25) is 19.5 Å². The van der Waals surface area contributed by atoms with Gasteiger partial charge in [0.25, 0.3) is 0 Å². The van der Waals surface area contributed by atoms with Crippen LogP contribution in [0, 0.1) is 11.3 Å². The average molecular weight is 372 g/mol. The molecular weight excluding hydrogens is 348 g/mol. The molecule has 1 atom stereocenters. The number of nitriles is 1. The second kappa shape index (κ2) is 8.84. The Kier molecular flexibility index (Phi) is 6.27. The first-order valence-corrected chi connectivity index (χ1v) is 9.17. The Bertz CT molecular complexity index is 707. The van der Waals surface area contributed by atoms with Gasteiger partial charge in [-0.25, -0.2) is 4.79 Å². The van der Waals surface area contributed by atoms with Gasteiger partial charge < -0.3 is 9.47 Å². The molecule has 8 heteroatoms. The Morgan fingerprint density at radius 1 is 1.22 bits per heavy atom. The van der Waals surface area contributed by atoms with E-state index in [-0.39, 0.29) is 18.2 Å². The van der Waals surface area contributed by atoms with Gasteiger partial charge in [0.05, 0.1) is 31.3 Å². The zero-order valence-corrected chi connectivity index (χ0v) is 15.5. The molecule has 2 aliphatic rings. The zero-order chi connectivity index (χ0) is 19.2. The quantitative estimate of drug-likeness (QED) is 0.690. The fourth-order valence-corrected chi connectivity index (χ4v) is 3.35. The molecule has 1 amide bonds. The van der Waals surface area contributed by atoms with E-state index in [9.17, 15) is 9.59 Å². The van der Waals surface area contributed by atoms with Gasteiger partial charge in [-0.2, -0.15) is 5.26 Å². The Labute approximate surface area is 158 Å². The predicted molar refractivity (Wildman–Crippen MR) is 98.3 cm³/mol. The number of esters is 1. The summed E-state index contributed by atoms with van der Waals surface area (Å²) in [6, 6.07) is 8.97. The van der Waals surface area contributed by atoms with Crippen LogP contribution in [0.4, 0.5) is 10.5 Å². The number of piperazine rings is 1. The molecule has 0 aliphatic carbocycles. The molecule has 2 heterocycles. The van der Waals surface area contributed by atoms with Gasteiger partial charge in [-0.1, -0.05) is 0 Å². The van der Waals surface area contributed by atoms with Crippen LogP contribution in [0.15, 0.2) is 24.3 Å². The Hall–Kier alpha value is -2.63. The predicted octanol–water partition coefficient (Wildman–Crippen LogP) is 1.06. The van der Waals surface area contributed by atoms with E-state index in [1.54, 1.807) is 36.1 Å². The highest BCUT2D eigenvalue weighted by molar-refractivity contribution is 5.89. The van der Waals surface area contributed by atoms with Crippen molar-refractivity contribution >= 4 is 17.7 Å². The monoisotopic (exact) mass is 372 g/mol. The summed E-state index contributed by atoms with van der Waals surface area (Å²) in [6.45, 7) is 6.93. The van der Waals surface area contributed by atoms with Crippen molar-refractivity contribution in [1.29, 1.82) is 5.26 Å². The van der Waals surface area contributed by atoms with E-state index in [1.807, 2.05) is 0 Å². The van der Waals surface area contributed by atoms with Crippen LogP contribution in [0.5, 0.6) is 0 Å². The third-order valence-electron chi connectivity index (χ3n) is 4.77. The van der Waals surface area contributed by atoms with Crippen LogP contribution in [0.2, 0.25) is 0 Å². The number of amides is 1. The first-order chi connectivity index (χ1) is 13.1. The molecule has 1 aromatic carbocycles. The van der Waals surface area contributed by atoms with Gasteiger partial charge >= 0.3 is 12.1 Å². The largest absolute Gasteiger partial charge is 0.465 e. The minimum absolute atomic E-state index is 0.186. The molecule has 0 bridgehead atoms. The molecule has 0 aromatic heterocycles. The molecule has 0 unspecified atom stereocenters. The highest BCUT2D eigenvalue weighted by Crippen LogP contribution is 2.22. The molecule has 1 aromatic rings. The van der Waals surface area contributed by atoms with Gasteiger partial charge in [0.1, 0.15) is 6.10 Å². The number of benzene rings is 1. The molecule has 27 heavy (non-hydrogen) atoms. The SMILES string of the molecule is CCOC(=O)CN1CCN(C[C@H]2CN(c3ccc(C#N)cc3)C(=O)O2)CC1. The molecule has 0 spiro atoms. The van der Waals surface area contributed by atoms with Crippen LogP contribution < -0.4 is 4.90 Å². The summed E-state index contributed by atoms with van der Waals surface area (Å²) in [5, 5.41) is 8.87. The molecule has 0 N–H and O–H groups in total. The number of ether oxygens (including phenoxy) is 2. The van der Waals surface area contributed by atoms with E-state index in [4.69, 9.17) is 14.7 Å². The lowest BCUT2D eigenvalue weighted by Gasteiger charge is -2.34. The van der Waals surface area contributed by atoms with Crippen molar-refractivity contribution in [3.8, 4) is 6.07 Å². The smallest absolute Gasteiger partial charge is 0.414 e. The number of rotatable bonds is 6. The summed E-state index contributed by atoms with van der Waals surface area (Å²) in [7, 11) is 0. The summed E-state index contributed by atoms with van der Waals surface area (Å²) in [6.07, 6.45) is -0.546. The highest BCUT2D eigenvalue weighted by Gasteiger charge is 2.34. The van der Waals surface area contributed by atoms with Crippen LogP contribution in [0.3, 0.4) is 0 Å². The molecule has 144 valence electrons. The second-order valence-electron chi connectivity index (χ2n) is 6.66. The number of carbonyl (C=O) groups excluding carboxylic acids is 2. The summed E-state index contributed by atoms with van der Waals surface area (Å²) >= 11 is 0. The maximum atomic E-state index is 12.2. The van der Waals surface area contributed by atoms with Crippen molar-refractivity contribution in [3.63, 3.8) is 0 Å². The number of hydrogen-bond acceptors (Lipinski definition) is 7. The fraction of sp³-hybridized carbons (Fsp3) is 0.526. The zero-order valence-electron chi connectivity index (χ0n) is 15.5. The fourth-order valence-electron chi connectivity index (χ4n) is 3.35. The van der Waals surface area contributed by atoms with Crippen molar-refractivity contribution in [2.24, 2.45) is 0 Å². The Morgan fingerprint density at radius 2 is 1.89 bits per heavy atom. The molecule has 2 aliphatic heterocycles.